The zero-order chi connectivity index (χ0) is 9.68. The molecule has 70 valence electrons. The predicted octanol–water partition coefficient (Wildman–Crippen LogP) is 0.550. The van der Waals surface area contributed by atoms with Gasteiger partial charge in [-0.2, -0.15) is 0 Å². The molecule has 0 aliphatic carbocycles. The van der Waals surface area contributed by atoms with E-state index >= 15 is 0 Å². The number of aromatic nitrogens is 1. The Morgan fingerprint density at radius 2 is 2.38 bits per heavy atom. The van der Waals surface area contributed by atoms with Crippen molar-refractivity contribution < 1.29 is 9.90 Å². The minimum absolute atomic E-state index is 0.0660. The number of rotatable bonds is 4. The van der Waals surface area contributed by atoms with Crippen molar-refractivity contribution in [1.82, 2.24) is 4.98 Å². The van der Waals surface area contributed by atoms with Crippen LogP contribution in [0.25, 0.3) is 0 Å². The number of carboxylic acid groups (broad SMARTS) is 1. The third-order valence-corrected chi connectivity index (χ3v) is 1.42. The second-order valence-corrected chi connectivity index (χ2v) is 2.52. The van der Waals surface area contributed by atoms with E-state index in [9.17, 15) is 4.79 Å². The third-order valence-electron chi connectivity index (χ3n) is 1.42. The van der Waals surface area contributed by atoms with Gasteiger partial charge in [0.1, 0.15) is 11.6 Å². The zero-order valence-electron chi connectivity index (χ0n) is 7.03. The van der Waals surface area contributed by atoms with E-state index in [1.54, 1.807) is 18.2 Å². The Kier molecular flexibility index (Phi) is 3.08. The lowest BCUT2D eigenvalue weighted by atomic mass is 10.4. The summed E-state index contributed by atoms with van der Waals surface area (Å²) in [4.78, 5) is 14.1. The first-order valence-electron chi connectivity index (χ1n) is 3.86. The van der Waals surface area contributed by atoms with Gasteiger partial charge < -0.3 is 16.2 Å². The van der Waals surface area contributed by atoms with Gasteiger partial charge in [0, 0.05) is 6.54 Å². The largest absolute Gasteiger partial charge is 0.481 e. The second kappa shape index (κ2) is 4.30. The van der Waals surface area contributed by atoms with Gasteiger partial charge in [0.2, 0.25) is 0 Å². The van der Waals surface area contributed by atoms with Crippen LogP contribution < -0.4 is 11.1 Å². The average Bonchev–Trinajstić information content (AvgIpc) is 2.03. The number of anilines is 2. The van der Waals surface area contributed by atoms with Crippen LogP contribution in [0.5, 0.6) is 0 Å². The van der Waals surface area contributed by atoms with Crippen molar-refractivity contribution in [2.24, 2.45) is 0 Å². The number of nitrogens with one attached hydrogen (secondary N) is 1. The summed E-state index contributed by atoms with van der Waals surface area (Å²) in [6.45, 7) is 0.353. The molecule has 1 aromatic rings. The van der Waals surface area contributed by atoms with Crippen LogP contribution in [0.1, 0.15) is 6.42 Å². The minimum atomic E-state index is -0.837. The maximum Gasteiger partial charge on any atom is 0.305 e. The zero-order valence-corrected chi connectivity index (χ0v) is 7.03. The Morgan fingerprint density at radius 1 is 1.62 bits per heavy atom. The number of carbonyl (C=O) groups is 1. The summed E-state index contributed by atoms with van der Waals surface area (Å²) >= 11 is 0. The monoisotopic (exact) mass is 181 g/mol. The fraction of sp³-hybridized carbons (Fsp3) is 0.250. The van der Waals surface area contributed by atoms with Crippen LogP contribution in [0.15, 0.2) is 18.2 Å². The molecule has 4 N–H and O–H groups in total. The molecule has 1 heterocycles. The van der Waals surface area contributed by atoms with Crippen molar-refractivity contribution in [3.63, 3.8) is 0 Å². The third kappa shape index (κ3) is 3.42. The molecule has 1 rings (SSSR count). The molecule has 0 aliphatic heterocycles. The molecule has 0 spiro atoms. The van der Waals surface area contributed by atoms with E-state index in [1.807, 2.05) is 0 Å². The number of nitrogens with zero attached hydrogens (tertiary/aromatic N) is 1. The molecule has 0 aliphatic rings. The number of carboxylic acids is 1. The number of nitrogen functional groups attached to an aromatic ring is 1. The number of hydrogen-bond acceptors (Lipinski definition) is 4. The van der Waals surface area contributed by atoms with Crippen LogP contribution in [0.4, 0.5) is 11.6 Å². The second-order valence-electron chi connectivity index (χ2n) is 2.52. The predicted molar refractivity (Wildman–Crippen MR) is 49.4 cm³/mol. The van der Waals surface area contributed by atoms with E-state index in [4.69, 9.17) is 10.8 Å². The molecule has 13 heavy (non-hydrogen) atoms. The highest BCUT2D eigenvalue weighted by Crippen LogP contribution is 2.04. The topological polar surface area (TPSA) is 88.2 Å². The Labute approximate surface area is 75.6 Å². The summed E-state index contributed by atoms with van der Waals surface area (Å²) in [5, 5.41) is 11.2. The van der Waals surface area contributed by atoms with Gasteiger partial charge >= 0.3 is 5.97 Å². The van der Waals surface area contributed by atoms with Gasteiger partial charge in [0.15, 0.2) is 0 Å². The van der Waals surface area contributed by atoms with Crippen LogP contribution in [0.2, 0.25) is 0 Å². The smallest absolute Gasteiger partial charge is 0.305 e. The van der Waals surface area contributed by atoms with Crippen LogP contribution in [0, 0.1) is 0 Å². The van der Waals surface area contributed by atoms with Crippen molar-refractivity contribution in [1.29, 1.82) is 0 Å². The van der Waals surface area contributed by atoms with Gasteiger partial charge in [-0.15, -0.1) is 0 Å². The highest BCUT2D eigenvalue weighted by atomic mass is 16.4. The van der Waals surface area contributed by atoms with Crippen molar-refractivity contribution in [3.05, 3.63) is 18.2 Å². The maximum atomic E-state index is 10.2. The lowest BCUT2D eigenvalue weighted by Crippen LogP contribution is -2.08. The standard InChI is InChI=1S/C8H11N3O2/c9-6-2-1-3-7(11-6)10-5-4-8(12)13/h1-3H,4-5H2,(H,12,13)(H3,9,10,11). The molecule has 0 saturated heterocycles. The van der Waals surface area contributed by atoms with E-state index in [-0.39, 0.29) is 6.42 Å². The summed E-state index contributed by atoms with van der Waals surface area (Å²) in [6, 6.07) is 5.16. The SMILES string of the molecule is Nc1cccc(NCCC(=O)O)n1. The molecule has 0 unspecified atom stereocenters. The summed E-state index contributed by atoms with van der Waals surface area (Å²) in [5.41, 5.74) is 5.42. The molecule has 0 saturated carbocycles. The first-order chi connectivity index (χ1) is 6.18. The molecule has 5 nitrogen and oxygen atoms in total. The van der Waals surface area contributed by atoms with Crippen LogP contribution in [-0.2, 0) is 4.79 Å². The molecular formula is C8H11N3O2. The molecular weight excluding hydrogens is 170 g/mol. The summed E-state index contributed by atoms with van der Waals surface area (Å²) < 4.78 is 0. The van der Waals surface area contributed by atoms with E-state index in [1.165, 1.54) is 0 Å². The number of aliphatic carboxylic acids is 1. The van der Waals surface area contributed by atoms with E-state index in [2.05, 4.69) is 10.3 Å². The Hall–Kier alpha value is -1.78. The average molecular weight is 181 g/mol. The highest BCUT2D eigenvalue weighted by molar-refractivity contribution is 5.67. The molecule has 1 aromatic heterocycles. The van der Waals surface area contributed by atoms with Gasteiger partial charge in [-0.25, -0.2) is 4.98 Å². The molecule has 0 bridgehead atoms. The van der Waals surface area contributed by atoms with E-state index in [0.717, 1.165) is 0 Å². The Balaban J connectivity index is 2.41. The fourth-order valence-corrected chi connectivity index (χ4v) is 0.847. The van der Waals surface area contributed by atoms with Crippen LogP contribution in [-0.4, -0.2) is 22.6 Å². The quantitative estimate of drug-likeness (QED) is 0.631. The maximum absolute atomic E-state index is 10.2. The van der Waals surface area contributed by atoms with Crippen molar-refractivity contribution >= 4 is 17.6 Å². The Bertz CT molecular complexity index is 301. The first-order valence-corrected chi connectivity index (χ1v) is 3.86. The van der Waals surface area contributed by atoms with E-state index < -0.39 is 5.97 Å². The molecule has 0 fully saturated rings. The van der Waals surface area contributed by atoms with Crippen molar-refractivity contribution in [3.8, 4) is 0 Å². The van der Waals surface area contributed by atoms with Crippen molar-refractivity contribution in [2.45, 2.75) is 6.42 Å². The minimum Gasteiger partial charge on any atom is -0.481 e. The van der Waals surface area contributed by atoms with Gasteiger partial charge in [-0.1, -0.05) is 6.07 Å². The molecule has 0 radical (unpaired) electrons. The molecule has 0 amide bonds. The first kappa shape index (κ1) is 9.31. The number of pyridine rings is 1. The van der Waals surface area contributed by atoms with Gasteiger partial charge in [-0.3, -0.25) is 4.79 Å². The normalized spacial score (nSPS) is 9.54. The van der Waals surface area contributed by atoms with Gasteiger partial charge in [0.25, 0.3) is 0 Å². The Morgan fingerprint density at radius 3 is 3.00 bits per heavy atom. The summed E-state index contributed by atoms with van der Waals surface area (Å²) in [5.74, 6) is 0.179. The number of hydrogen-bond donors (Lipinski definition) is 3. The number of nitrogens with two attached hydrogens (primary N) is 1. The molecule has 0 atom stereocenters. The van der Waals surface area contributed by atoms with E-state index in [0.29, 0.717) is 18.2 Å². The molecule has 0 aromatic carbocycles. The summed E-state index contributed by atoms with van der Waals surface area (Å²) in [6.07, 6.45) is 0.0660. The molecule has 5 heteroatoms. The van der Waals surface area contributed by atoms with Gasteiger partial charge in [0.05, 0.1) is 6.42 Å². The lowest BCUT2D eigenvalue weighted by molar-refractivity contribution is -0.136. The summed E-state index contributed by atoms with van der Waals surface area (Å²) in [7, 11) is 0. The van der Waals surface area contributed by atoms with Crippen molar-refractivity contribution in [2.75, 3.05) is 17.6 Å². The van der Waals surface area contributed by atoms with Crippen LogP contribution >= 0.6 is 0 Å². The van der Waals surface area contributed by atoms with Crippen LogP contribution in [0.3, 0.4) is 0 Å². The fourth-order valence-electron chi connectivity index (χ4n) is 0.847. The highest BCUT2D eigenvalue weighted by Gasteiger charge is 1.97. The van der Waals surface area contributed by atoms with Gasteiger partial charge in [-0.05, 0) is 12.1 Å². The lowest BCUT2D eigenvalue weighted by Gasteiger charge is -2.03.